The molecule has 0 aliphatic rings. The predicted molar refractivity (Wildman–Crippen MR) is 125 cm³/mol. The van der Waals surface area contributed by atoms with Gasteiger partial charge in [-0.25, -0.2) is 9.78 Å². The zero-order valence-electron chi connectivity index (χ0n) is 19.1. The highest BCUT2D eigenvalue weighted by Crippen LogP contribution is 2.07. The second kappa shape index (κ2) is 14.2. The molecule has 190 valence electrons. The Morgan fingerprint density at radius 3 is 2.18 bits per heavy atom. The fraction of sp³-hybridized carbons (Fsp3) is 0.600. The fourth-order valence-corrected chi connectivity index (χ4v) is 3.15. The normalized spacial score (nSPS) is 15.3. The third-order valence-electron chi connectivity index (χ3n) is 5.28. The summed E-state index contributed by atoms with van der Waals surface area (Å²) in [4.78, 5) is 67.3. The summed E-state index contributed by atoms with van der Waals surface area (Å²) >= 11 is 4.07. The monoisotopic (exact) mass is 499 g/mol. The number of carbonyl (C=O) groups excluding carboxylic acids is 4. The molecule has 0 aromatic carbocycles. The Morgan fingerprint density at radius 1 is 1.09 bits per heavy atom. The number of carboxylic acid groups (broad SMARTS) is 1. The first kappa shape index (κ1) is 28.9. The minimum Gasteiger partial charge on any atom is -0.480 e. The van der Waals surface area contributed by atoms with E-state index >= 15 is 0 Å². The molecule has 0 aliphatic heterocycles. The van der Waals surface area contributed by atoms with Crippen LogP contribution in [0.2, 0.25) is 0 Å². The second-order valence-corrected chi connectivity index (χ2v) is 8.27. The molecule has 5 atom stereocenters. The van der Waals surface area contributed by atoms with E-state index in [2.05, 4.69) is 38.5 Å². The summed E-state index contributed by atoms with van der Waals surface area (Å²) in [7, 11) is 0. The lowest BCUT2D eigenvalue weighted by Crippen LogP contribution is -2.58. The Hall–Kier alpha value is -3.13. The molecule has 0 fully saturated rings. The molecule has 1 aromatic heterocycles. The number of rotatable bonds is 15. The molecule has 4 amide bonds. The van der Waals surface area contributed by atoms with E-state index in [4.69, 9.17) is 11.5 Å². The van der Waals surface area contributed by atoms with Gasteiger partial charge in [0.15, 0.2) is 0 Å². The minimum atomic E-state index is -1.29. The number of aromatic nitrogens is 2. The number of nitrogens with two attached hydrogens (primary N) is 2. The van der Waals surface area contributed by atoms with Gasteiger partial charge in [0, 0.05) is 30.5 Å². The summed E-state index contributed by atoms with van der Waals surface area (Å²) in [5.74, 6) is -4.40. The Morgan fingerprint density at radius 2 is 1.68 bits per heavy atom. The molecule has 1 rings (SSSR count). The average Bonchev–Trinajstić information content (AvgIpc) is 3.31. The van der Waals surface area contributed by atoms with E-state index < -0.39 is 53.8 Å². The zero-order valence-corrected chi connectivity index (χ0v) is 20.0. The molecule has 0 aliphatic carbocycles. The van der Waals surface area contributed by atoms with Crippen molar-refractivity contribution >= 4 is 42.2 Å². The fourth-order valence-electron chi connectivity index (χ4n) is 2.89. The topological polar surface area (TPSA) is 222 Å². The summed E-state index contributed by atoms with van der Waals surface area (Å²) in [5.41, 5.74) is 11.6. The van der Waals surface area contributed by atoms with Crippen molar-refractivity contribution < 1.29 is 29.1 Å². The summed E-state index contributed by atoms with van der Waals surface area (Å²) < 4.78 is 0. The van der Waals surface area contributed by atoms with Gasteiger partial charge >= 0.3 is 5.97 Å². The first-order chi connectivity index (χ1) is 16.0. The summed E-state index contributed by atoms with van der Waals surface area (Å²) in [6, 6.07) is -4.57. The molecular weight excluding hydrogens is 466 g/mol. The van der Waals surface area contributed by atoms with Crippen molar-refractivity contribution in [2.75, 3.05) is 5.75 Å². The Labute approximate surface area is 202 Å². The van der Waals surface area contributed by atoms with Crippen molar-refractivity contribution in [3.63, 3.8) is 0 Å². The highest BCUT2D eigenvalue weighted by Gasteiger charge is 2.30. The minimum absolute atomic E-state index is 0.0564. The number of aromatic amines is 1. The van der Waals surface area contributed by atoms with Gasteiger partial charge in [0.25, 0.3) is 0 Å². The van der Waals surface area contributed by atoms with Gasteiger partial charge in [-0.1, -0.05) is 20.3 Å². The highest BCUT2D eigenvalue weighted by molar-refractivity contribution is 7.80. The summed E-state index contributed by atoms with van der Waals surface area (Å²) in [5, 5.41) is 16.7. The van der Waals surface area contributed by atoms with Crippen LogP contribution in [0, 0.1) is 5.92 Å². The first-order valence-electron chi connectivity index (χ1n) is 10.8. The maximum absolute atomic E-state index is 12.8. The quantitative estimate of drug-likeness (QED) is 0.126. The molecule has 0 saturated heterocycles. The average molecular weight is 500 g/mol. The van der Waals surface area contributed by atoms with Gasteiger partial charge in [-0.15, -0.1) is 0 Å². The van der Waals surface area contributed by atoms with Crippen LogP contribution in [0.1, 0.15) is 38.8 Å². The number of thiol groups is 1. The summed E-state index contributed by atoms with van der Waals surface area (Å²) in [6.07, 6.45) is 3.08. The highest BCUT2D eigenvalue weighted by atomic mass is 32.1. The molecule has 0 spiro atoms. The number of nitrogens with zero attached hydrogens (tertiary/aromatic N) is 1. The van der Waals surface area contributed by atoms with Crippen LogP contribution in [0.4, 0.5) is 0 Å². The lowest BCUT2D eigenvalue weighted by Gasteiger charge is -2.25. The summed E-state index contributed by atoms with van der Waals surface area (Å²) in [6.45, 7) is 3.65. The van der Waals surface area contributed by atoms with Crippen molar-refractivity contribution in [3.05, 3.63) is 18.2 Å². The first-order valence-corrected chi connectivity index (χ1v) is 11.4. The molecule has 0 radical (unpaired) electrons. The molecule has 5 unspecified atom stereocenters. The number of carbonyl (C=O) groups is 5. The zero-order chi connectivity index (χ0) is 25.8. The van der Waals surface area contributed by atoms with E-state index in [1.54, 1.807) is 6.92 Å². The molecular formula is C20H33N7O6S. The van der Waals surface area contributed by atoms with Gasteiger partial charge < -0.3 is 37.5 Å². The van der Waals surface area contributed by atoms with Crippen molar-refractivity contribution in [3.8, 4) is 0 Å². The number of hydrogen-bond acceptors (Lipinski definition) is 8. The largest absolute Gasteiger partial charge is 0.480 e. The SMILES string of the molecule is CCC(C)C(N)C(=O)NC(CCC(N)=O)C(=O)NC(CS)C(=O)NC(Cc1cnc[nH]1)C(=O)O. The van der Waals surface area contributed by atoms with E-state index in [-0.39, 0.29) is 30.9 Å². The molecule has 13 nitrogen and oxygen atoms in total. The van der Waals surface area contributed by atoms with Crippen LogP contribution in [-0.4, -0.2) is 74.6 Å². The molecule has 9 N–H and O–H groups in total. The predicted octanol–water partition coefficient (Wildman–Crippen LogP) is -1.94. The molecule has 0 saturated carbocycles. The maximum Gasteiger partial charge on any atom is 0.326 e. The number of nitrogens with one attached hydrogen (secondary N) is 4. The molecule has 1 aromatic rings. The maximum atomic E-state index is 12.8. The van der Waals surface area contributed by atoms with Crippen LogP contribution in [0.25, 0.3) is 0 Å². The van der Waals surface area contributed by atoms with Crippen LogP contribution in [0.3, 0.4) is 0 Å². The lowest BCUT2D eigenvalue weighted by molar-refractivity contribution is -0.142. The van der Waals surface area contributed by atoms with Crippen molar-refractivity contribution in [1.29, 1.82) is 0 Å². The van der Waals surface area contributed by atoms with E-state index in [9.17, 15) is 29.1 Å². The van der Waals surface area contributed by atoms with Gasteiger partial charge in [-0.3, -0.25) is 19.2 Å². The van der Waals surface area contributed by atoms with Crippen LogP contribution in [-0.2, 0) is 30.4 Å². The van der Waals surface area contributed by atoms with Crippen LogP contribution >= 0.6 is 12.6 Å². The second-order valence-electron chi connectivity index (χ2n) is 7.90. The number of carboxylic acids is 1. The lowest BCUT2D eigenvalue weighted by atomic mass is 9.98. The Bertz CT molecular complexity index is 850. The molecule has 34 heavy (non-hydrogen) atoms. The van der Waals surface area contributed by atoms with Gasteiger partial charge in [-0.05, 0) is 12.3 Å². The standard InChI is InChI=1S/C20H33N7O6S/c1-3-10(2)16(22)19(31)25-12(4-5-15(21)28)17(29)27-14(8-34)18(30)26-13(20(32)33)6-11-7-23-9-24-11/h7,9-10,12-14,16,34H,3-6,8,22H2,1-2H3,(H2,21,28)(H,23,24)(H,25,31)(H,26,30)(H,27,29)(H,32,33). The van der Waals surface area contributed by atoms with E-state index in [0.29, 0.717) is 12.1 Å². The third-order valence-corrected chi connectivity index (χ3v) is 5.65. The Balaban J connectivity index is 2.88. The van der Waals surface area contributed by atoms with Crippen LogP contribution in [0.5, 0.6) is 0 Å². The van der Waals surface area contributed by atoms with Crippen LogP contribution in [0.15, 0.2) is 12.5 Å². The number of hydrogen-bond donors (Lipinski definition) is 8. The third kappa shape index (κ3) is 9.39. The van der Waals surface area contributed by atoms with E-state index in [0.717, 1.165) is 0 Å². The van der Waals surface area contributed by atoms with E-state index in [1.165, 1.54) is 12.5 Å². The van der Waals surface area contributed by atoms with Gasteiger partial charge in [0.2, 0.25) is 23.6 Å². The Kier molecular flexibility index (Phi) is 12.1. The van der Waals surface area contributed by atoms with Crippen LogP contribution < -0.4 is 27.4 Å². The number of H-pyrrole nitrogens is 1. The smallest absolute Gasteiger partial charge is 0.326 e. The molecule has 14 heteroatoms. The number of aliphatic carboxylic acids is 1. The molecule has 1 heterocycles. The van der Waals surface area contributed by atoms with Crippen molar-refractivity contribution in [1.82, 2.24) is 25.9 Å². The number of imidazole rings is 1. The number of amides is 4. The van der Waals surface area contributed by atoms with E-state index in [1.807, 2.05) is 6.92 Å². The van der Waals surface area contributed by atoms with Gasteiger partial charge in [-0.2, -0.15) is 12.6 Å². The van der Waals surface area contributed by atoms with Gasteiger partial charge in [0.1, 0.15) is 18.1 Å². The van der Waals surface area contributed by atoms with Crippen molar-refractivity contribution in [2.45, 2.75) is 63.7 Å². The molecule has 0 bridgehead atoms. The van der Waals surface area contributed by atoms with Crippen molar-refractivity contribution in [2.24, 2.45) is 17.4 Å². The number of primary amides is 1. The van der Waals surface area contributed by atoms with Gasteiger partial charge in [0.05, 0.1) is 12.4 Å².